The highest BCUT2D eigenvalue weighted by molar-refractivity contribution is 5.77. The van der Waals surface area contributed by atoms with Crippen LogP contribution in [0.2, 0.25) is 0 Å². The van der Waals surface area contributed by atoms with Crippen LogP contribution in [0.3, 0.4) is 0 Å². The first-order chi connectivity index (χ1) is 8.13. The van der Waals surface area contributed by atoms with Crippen LogP contribution in [0.25, 0.3) is 0 Å². The zero-order valence-corrected chi connectivity index (χ0v) is 10.6. The molecule has 1 atom stereocenters. The van der Waals surface area contributed by atoms with Crippen LogP contribution in [-0.2, 0) is 9.53 Å². The number of piperidine rings is 1. The molecule has 1 fully saturated rings. The maximum absolute atomic E-state index is 11.7. The van der Waals surface area contributed by atoms with Crippen LogP contribution < -0.4 is 5.32 Å². The minimum atomic E-state index is -0.136. The van der Waals surface area contributed by atoms with Gasteiger partial charge in [-0.3, -0.25) is 4.79 Å². The Labute approximate surface area is 103 Å². The molecule has 1 heterocycles. The molecule has 0 radical (unpaired) electrons. The van der Waals surface area contributed by atoms with Gasteiger partial charge in [0, 0.05) is 13.6 Å². The Kier molecular flexibility index (Phi) is 5.95. The second kappa shape index (κ2) is 7.25. The zero-order valence-electron chi connectivity index (χ0n) is 10.6. The van der Waals surface area contributed by atoms with E-state index < -0.39 is 0 Å². The summed E-state index contributed by atoms with van der Waals surface area (Å²) in [6, 6.07) is 2.11. The van der Waals surface area contributed by atoms with Crippen LogP contribution in [0.5, 0.6) is 0 Å². The van der Waals surface area contributed by atoms with Gasteiger partial charge in [0.1, 0.15) is 6.61 Å². The van der Waals surface area contributed by atoms with Gasteiger partial charge in [0.25, 0.3) is 0 Å². The van der Waals surface area contributed by atoms with Gasteiger partial charge < -0.3 is 15.0 Å². The van der Waals surface area contributed by atoms with Gasteiger partial charge in [-0.2, -0.15) is 5.26 Å². The van der Waals surface area contributed by atoms with Crippen LogP contribution >= 0.6 is 0 Å². The van der Waals surface area contributed by atoms with Crippen molar-refractivity contribution in [3.8, 4) is 6.07 Å². The average molecular weight is 239 g/mol. The van der Waals surface area contributed by atoms with Crippen LogP contribution in [0, 0.1) is 17.2 Å². The van der Waals surface area contributed by atoms with Crippen molar-refractivity contribution in [2.75, 3.05) is 33.3 Å². The first kappa shape index (κ1) is 13.9. The standard InChI is InChI=1S/C12H21N3O2/c1-10(7-13)8-15(2)12(16)9-17-11-3-5-14-6-4-11/h10-11,14H,3-6,8-9H2,1-2H3. The number of nitrogens with one attached hydrogen (secondary N) is 1. The van der Waals surface area contributed by atoms with Gasteiger partial charge in [-0.05, 0) is 32.9 Å². The third-order valence-corrected chi connectivity index (χ3v) is 2.92. The van der Waals surface area contributed by atoms with Gasteiger partial charge in [0.15, 0.2) is 0 Å². The predicted octanol–water partition coefficient (Wildman–Crippen LogP) is 0.373. The average Bonchev–Trinajstić information content (AvgIpc) is 2.36. The molecule has 17 heavy (non-hydrogen) atoms. The number of ether oxygens (including phenoxy) is 1. The Bertz CT molecular complexity index is 282. The fourth-order valence-corrected chi connectivity index (χ4v) is 1.81. The summed E-state index contributed by atoms with van der Waals surface area (Å²) in [4.78, 5) is 13.3. The summed E-state index contributed by atoms with van der Waals surface area (Å²) in [5.41, 5.74) is 0. The first-order valence-electron chi connectivity index (χ1n) is 6.09. The summed E-state index contributed by atoms with van der Waals surface area (Å²) < 4.78 is 5.57. The third kappa shape index (κ3) is 5.16. The molecule has 1 amide bonds. The van der Waals surface area contributed by atoms with Crippen molar-refractivity contribution in [3.63, 3.8) is 0 Å². The molecular weight excluding hydrogens is 218 g/mol. The molecule has 0 spiro atoms. The van der Waals surface area contributed by atoms with E-state index in [1.54, 1.807) is 18.9 Å². The number of nitriles is 1. The van der Waals surface area contributed by atoms with Gasteiger partial charge in [-0.25, -0.2) is 0 Å². The molecule has 0 aromatic rings. The second-order valence-corrected chi connectivity index (χ2v) is 4.56. The van der Waals surface area contributed by atoms with Gasteiger partial charge in [-0.15, -0.1) is 0 Å². The fraction of sp³-hybridized carbons (Fsp3) is 0.833. The monoisotopic (exact) mass is 239 g/mol. The molecule has 5 nitrogen and oxygen atoms in total. The van der Waals surface area contributed by atoms with Gasteiger partial charge in [-0.1, -0.05) is 0 Å². The quantitative estimate of drug-likeness (QED) is 0.753. The number of rotatable bonds is 5. The number of hydrogen-bond donors (Lipinski definition) is 1. The molecule has 1 aliphatic heterocycles. The molecule has 0 aromatic carbocycles. The Morgan fingerprint density at radius 1 is 1.59 bits per heavy atom. The van der Waals surface area contributed by atoms with Crippen molar-refractivity contribution in [3.05, 3.63) is 0 Å². The molecule has 1 rings (SSSR count). The number of amides is 1. The molecule has 1 unspecified atom stereocenters. The molecule has 0 aromatic heterocycles. The lowest BCUT2D eigenvalue weighted by Gasteiger charge is -2.24. The highest BCUT2D eigenvalue weighted by atomic mass is 16.5. The Hall–Kier alpha value is -1.12. The van der Waals surface area contributed by atoms with Gasteiger partial charge in [0.05, 0.1) is 18.1 Å². The Balaban J connectivity index is 2.21. The molecule has 0 aliphatic carbocycles. The van der Waals surface area contributed by atoms with Crippen molar-refractivity contribution in [2.45, 2.75) is 25.9 Å². The van der Waals surface area contributed by atoms with Crippen LogP contribution in [-0.4, -0.2) is 50.2 Å². The smallest absolute Gasteiger partial charge is 0.248 e. The third-order valence-electron chi connectivity index (χ3n) is 2.92. The molecule has 0 saturated carbocycles. The van der Waals surface area contributed by atoms with E-state index in [1.165, 1.54) is 0 Å². The van der Waals surface area contributed by atoms with E-state index in [2.05, 4.69) is 11.4 Å². The lowest BCUT2D eigenvalue weighted by molar-refractivity contribution is -0.137. The van der Waals surface area contributed by atoms with E-state index in [9.17, 15) is 4.79 Å². The topological polar surface area (TPSA) is 65.4 Å². The minimum Gasteiger partial charge on any atom is -0.368 e. The maximum atomic E-state index is 11.7. The number of carbonyl (C=O) groups is 1. The van der Waals surface area contributed by atoms with E-state index in [1.807, 2.05) is 0 Å². The summed E-state index contributed by atoms with van der Waals surface area (Å²) >= 11 is 0. The highest BCUT2D eigenvalue weighted by Gasteiger charge is 2.17. The SMILES string of the molecule is CC(C#N)CN(C)C(=O)COC1CCNCC1. The lowest BCUT2D eigenvalue weighted by atomic mass is 10.1. The maximum Gasteiger partial charge on any atom is 0.248 e. The van der Waals surface area contributed by atoms with Crippen molar-refractivity contribution in [2.24, 2.45) is 5.92 Å². The predicted molar refractivity (Wildman–Crippen MR) is 64.3 cm³/mol. The molecular formula is C12H21N3O2. The van der Waals surface area contributed by atoms with Crippen LogP contribution in [0.1, 0.15) is 19.8 Å². The highest BCUT2D eigenvalue weighted by Crippen LogP contribution is 2.07. The molecule has 96 valence electrons. The second-order valence-electron chi connectivity index (χ2n) is 4.56. The summed E-state index contributed by atoms with van der Waals surface area (Å²) in [7, 11) is 1.71. The summed E-state index contributed by atoms with van der Waals surface area (Å²) in [5.74, 6) is -0.187. The van der Waals surface area contributed by atoms with E-state index in [0.29, 0.717) is 6.54 Å². The van der Waals surface area contributed by atoms with E-state index >= 15 is 0 Å². The fourth-order valence-electron chi connectivity index (χ4n) is 1.81. The summed E-state index contributed by atoms with van der Waals surface area (Å²) in [6.07, 6.45) is 2.12. The van der Waals surface area contributed by atoms with E-state index in [0.717, 1.165) is 25.9 Å². The normalized spacial score (nSPS) is 18.4. The lowest BCUT2D eigenvalue weighted by Crippen LogP contribution is -2.37. The molecule has 5 heteroatoms. The van der Waals surface area contributed by atoms with Crippen LogP contribution in [0.4, 0.5) is 0 Å². The van der Waals surface area contributed by atoms with Crippen molar-refractivity contribution in [1.29, 1.82) is 5.26 Å². The first-order valence-corrected chi connectivity index (χ1v) is 6.09. The number of carbonyl (C=O) groups excluding carboxylic acids is 1. The van der Waals surface area contributed by atoms with Gasteiger partial charge >= 0.3 is 0 Å². The Morgan fingerprint density at radius 3 is 2.82 bits per heavy atom. The van der Waals surface area contributed by atoms with Crippen molar-refractivity contribution < 1.29 is 9.53 Å². The van der Waals surface area contributed by atoms with E-state index in [-0.39, 0.29) is 24.5 Å². The number of hydrogen-bond acceptors (Lipinski definition) is 4. The Morgan fingerprint density at radius 2 is 2.24 bits per heavy atom. The molecule has 1 saturated heterocycles. The minimum absolute atomic E-state index is 0.0503. The van der Waals surface area contributed by atoms with Crippen LogP contribution in [0.15, 0.2) is 0 Å². The van der Waals surface area contributed by atoms with Crippen molar-refractivity contribution in [1.82, 2.24) is 10.2 Å². The number of nitrogens with zero attached hydrogens (tertiary/aromatic N) is 2. The van der Waals surface area contributed by atoms with E-state index in [4.69, 9.17) is 10.00 Å². The largest absolute Gasteiger partial charge is 0.368 e. The number of likely N-dealkylation sites (N-methyl/N-ethyl adjacent to an activating group) is 1. The van der Waals surface area contributed by atoms with Gasteiger partial charge in [0.2, 0.25) is 5.91 Å². The summed E-state index contributed by atoms with van der Waals surface area (Å²) in [5, 5.41) is 11.9. The molecule has 0 bridgehead atoms. The van der Waals surface area contributed by atoms with Crippen molar-refractivity contribution >= 4 is 5.91 Å². The summed E-state index contributed by atoms with van der Waals surface area (Å²) in [6.45, 7) is 4.31. The molecule has 1 aliphatic rings. The zero-order chi connectivity index (χ0) is 12.7. The molecule has 1 N–H and O–H groups in total.